The highest BCUT2D eigenvalue weighted by Crippen LogP contribution is 2.20. The van der Waals surface area contributed by atoms with Crippen LogP contribution in [0.3, 0.4) is 0 Å². The van der Waals surface area contributed by atoms with Gasteiger partial charge in [0.05, 0.1) is 29.0 Å². The van der Waals surface area contributed by atoms with Gasteiger partial charge >= 0.3 is 0 Å². The Bertz CT molecular complexity index is 517. The molecule has 80 valence electrons. The Hall–Kier alpha value is -1.57. The molecule has 1 aromatic heterocycles. The molecule has 0 spiro atoms. The molecule has 1 heterocycles. The first kappa shape index (κ1) is 10.9. The van der Waals surface area contributed by atoms with Crippen LogP contribution in [-0.2, 0) is 6.54 Å². The molecular formula is C11H8ClN3S. The summed E-state index contributed by atoms with van der Waals surface area (Å²) in [5.41, 5.74) is 4.07. The van der Waals surface area contributed by atoms with Crippen LogP contribution in [0, 0.1) is 11.3 Å². The van der Waals surface area contributed by atoms with Gasteiger partial charge < -0.3 is 5.32 Å². The largest absolute Gasteiger partial charge is 0.378 e. The van der Waals surface area contributed by atoms with E-state index in [1.807, 2.05) is 5.38 Å². The molecule has 0 atom stereocenters. The fourth-order valence-corrected chi connectivity index (χ4v) is 2.00. The quantitative estimate of drug-likeness (QED) is 0.908. The average Bonchev–Trinajstić information content (AvgIpc) is 2.80. The summed E-state index contributed by atoms with van der Waals surface area (Å²) >= 11 is 7.36. The summed E-state index contributed by atoms with van der Waals surface area (Å²) in [5.74, 6) is 0. The van der Waals surface area contributed by atoms with Crippen LogP contribution in [0.5, 0.6) is 0 Å². The van der Waals surface area contributed by atoms with E-state index in [-0.39, 0.29) is 0 Å². The zero-order chi connectivity index (χ0) is 11.4. The molecule has 0 bridgehead atoms. The second-order valence-electron chi connectivity index (χ2n) is 3.14. The Kier molecular flexibility index (Phi) is 3.40. The number of halogens is 1. The van der Waals surface area contributed by atoms with E-state index >= 15 is 0 Å². The predicted molar refractivity (Wildman–Crippen MR) is 65.6 cm³/mol. The highest BCUT2D eigenvalue weighted by Gasteiger charge is 2.03. The molecule has 3 nitrogen and oxygen atoms in total. The number of anilines is 1. The number of nitrogens with one attached hydrogen (secondary N) is 1. The molecule has 0 radical (unpaired) electrons. The van der Waals surface area contributed by atoms with Crippen LogP contribution in [0.4, 0.5) is 5.69 Å². The van der Waals surface area contributed by atoms with Crippen LogP contribution < -0.4 is 5.32 Å². The Morgan fingerprint density at radius 3 is 3.06 bits per heavy atom. The van der Waals surface area contributed by atoms with Crippen LogP contribution in [-0.4, -0.2) is 4.98 Å². The van der Waals surface area contributed by atoms with E-state index in [9.17, 15) is 0 Å². The number of nitriles is 1. The van der Waals surface area contributed by atoms with Crippen molar-refractivity contribution < 1.29 is 0 Å². The number of nitrogens with zero attached hydrogens (tertiary/aromatic N) is 2. The summed E-state index contributed by atoms with van der Waals surface area (Å²) in [6.45, 7) is 0.611. The van der Waals surface area contributed by atoms with Gasteiger partial charge in [-0.05, 0) is 18.2 Å². The molecule has 0 aliphatic heterocycles. The second kappa shape index (κ2) is 4.97. The topological polar surface area (TPSA) is 48.7 Å². The highest BCUT2D eigenvalue weighted by atomic mass is 35.5. The lowest BCUT2D eigenvalue weighted by molar-refractivity contribution is 1.07. The van der Waals surface area contributed by atoms with E-state index in [4.69, 9.17) is 16.9 Å². The minimum atomic E-state index is 0.544. The van der Waals surface area contributed by atoms with E-state index in [1.165, 1.54) is 0 Å². The van der Waals surface area contributed by atoms with E-state index in [0.717, 1.165) is 11.4 Å². The lowest BCUT2D eigenvalue weighted by atomic mass is 10.2. The van der Waals surface area contributed by atoms with Crippen molar-refractivity contribution in [3.05, 3.63) is 45.4 Å². The third kappa shape index (κ3) is 2.51. The van der Waals surface area contributed by atoms with Gasteiger partial charge in [0.15, 0.2) is 0 Å². The summed E-state index contributed by atoms with van der Waals surface area (Å²) in [6.07, 6.45) is 0. The van der Waals surface area contributed by atoms with E-state index in [2.05, 4.69) is 16.4 Å². The maximum absolute atomic E-state index is 8.94. The van der Waals surface area contributed by atoms with Crippen molar-refractivity contribution in [1.29, 1.82) is 5.26 Å². The number of hydrogen-bond acceptors (Lipinski definition) is 4. The normalized spacial score (nSPS) is 9.75. The molecule has 16 heavy (non-hydrogen) atoms. The van der Waals surface area contributed by atoms with Gasteiger partial charge in [-0.25, -0.2) is 4.98 Å². The molecule has 0 saturated heterocycles. The van der Waals surface area contributed by atoms with Crippen LogP contribution in [0.25, 0.3) is 0 Å². The molecule has 1 N–H and O–H groups in total. The fraction of sp³-hybridized carbons (Fsp3) is 0.0909. The minimum Gasteiger partial charge on any atom is -0.378 e. The number of thiazole rings is 1. The van der Waals surface area contributed by atoms with Gasteiger partial charge in [0.25, 0.3) is 0 Å². The molecule has 5 heteroatoms. The Morgan fingerprint density at radius 2 is 2.38 bits per heavy atom. The third-order valence-electron chi connectivity index (χ3n) is 2.05. The second-order valence-corrected chi connectivity index (χ2v) is 4.29. The number of hydrogen-bond donors (Lipinski definition) is 1. The molecule has 0 aliphatic carbocycles. The van der Waals surface area contributed by atoms with E-state index < -0.39 is 0 Å². The van der Waals surface area contributed by atoms with E-state index in [0.29, 0.717) is 17.1 Å². The number of benzene rings is 1. The first-order chi connectivity index (χ1) is 7.79. The van der Waals surface area contributed by atoms with Crippen molar-refractivity contribution in [3.63, 3.8) is 0 Å². The maximum atomic E-state index is 8.94. The van der Waals surface area contributed by atoms with Crippen LogP contribution in [0.2, 0.25) is 5.02 Å². The zero-order valence-corrected chi connectivity index (χ0v) is 9.85. The van der Waals surface area contributed by atoms with E-state index in [1.54, 1.807) is 35.0 Å². The lowest BCUT2D eigenvalue weighted by Gasteiger charge is -2.06. The molecule has 0 amide bonds. The smallest absolute Gasteiger partial charge is 0.101 e. The van der Waals surface area contributed by atoms with Crippen molar-refractivity contribution in [2.75, 3.05) is 5.32 Å². The van der Waals surface area contributed by atoms with Crippen LogP contribution >= 0.6 is 22.9 Å². The third-order valence-corrected chi connectivity index (χ3v) is 2.92. The van der Waals surface area contributed by atoms with Gasteiger partial charge in [-0.3, -0.25) is 0 Å². The predicted octanol–water partition coefficient (Wildman–Crippen LogP) is 3.28. The van der Waals surface area contributed by atoms with Crippen molar-refractivity contribution in [2.24, 2.45) is 0 Å². The van der Waals surface area contributed by atoms with Gasteiger partial charge in [0, 0.05) is 10.4 Å². The molecule has 2 aromatic rings. The summed E-state index contributed by atoms with van der Waals surface area (Å²) in [6, 6.07) is 7.30. The zero-order valence-electron chi connectivity index (χ0n) is 8.27. The van der Waals surface area contributed by atoms with Gasteiger partial charge in [-0.1, -0.05) is 11.6 Å². The van der Waals surface area contributed by atoms with Crippen molar-refractivity contribution in [1.82, 2.24) is 4.98 Å². The first-order valence-electron chi connectivity index (χ1n) is 4.60. The van der Waals surface area contributed by atoms with Gasteiger partial charge in [-0.2, -0.15) is 5.26 Å². The molecule has 2 rings (SSSR count). The van der Waals surface area contributed by atoms with Gasteiger partial charge in [0.2, 0.25) is 0 Å². The standard InChI is InChI=1S/C11H8ClN3S/c12-9-1-2-11(8(3-9)4-13)14-5-10-6-16-7-15-10/h1-3,6-7,14H,5H2. The summed E-state index contributed by atoms with van der Waals surface area (Å²) in [7, 11) is 0. The lowest BCUT2D eigenvalue weighted by Crippen LogP contribution is -2.01. The molecule has 0 fully saturated rings. The van der Waals surface area contributed by atoms with Crippen LogP contribution in [0.15, 0.2) is 29.1 Å². The summed E-state index contributed by atoms with van der Waals surface area (Å²) in [5, 5.41) is 14.6. The molecule has 0 aliphatic rings. The van der Waals surface area contributed by atoms with Crippen molar-refractivity contribution >= 4 is 28.6 Å². The summed E-state index contributed by atoms with van der Waals surface area (Å²) in [4.78, 5) is 4.15. The first-order valence-corrected chi connectivity index (χ1v) is 5.92. The molecular weight excluding hydrogens is 242 g/mol. The minimum absolute atomic E-state index is 0.544. The SMILES string of the molecule is N#Cc1cc(Cl)ccc1NCc1cscn1. The monoisotopic (exact) mass is 249 g/mol. The number of aromatic nitrogens is 1. The highest BCUT2D eigenvalue weighted by molar-refractivity contribution is 7.07. The fourth-order valence-electron chi connectivity index (χ4n) is 1.27. The van der Waals surface area contributed by atoms with Gasteiger partial charge in [0.1, 0.15) is 6.07 Å². The maximum Gasteiger partial charge on any atom is 0.101 e. The average molecular weight is 250 g/mol. The molecule has 0 unspecified atom stereocenters. The number of rotatable bonds is 3. The van der Waals surface area contributed by atoms with Gasteiger partial charge in [-0.15, -0.1) is 11.3 Å². The van der Waals surface area contributed by atoms with Crippen molar-refractivity contribution in [3.8, 4) is 6.07 Å². The van der Waals surface area contributed by atoms with Crippen LogP contribution in [0.1, 0.15) is 11.3 Å². The Labute approximate surface area is 102 Å². The summed E-state index contributed by atoms with van der Waals surface area (Å²) < 4.78 is 0. The Morgan fingerprint density at radius 1 is 1.50 bits per heavy atom. The Balaban J connectivity index is 2.13. The molecule has 1 aromatic carbocycles. The molecule has 0 saturated carbocycles. The van der Waals surface area contributed by atoms with Crippen molar-refractivity contribution in [2.45, 2.75) is 6.54 Å².